The Bertz CT molecular complexity index is 770. The Morgan fingerprint density at radius 1 is 1.15 bits per heavy atom. The van der Waals surface area contributed by atoms with Gasteiger partial charge in [-0.15, -0.1) is 0 Å². The molecule has 1 saturated heterocycles. The van der Waals surface area contributed by atoms with Gasteiger partial charge in [0.15, 0.2) is 5.81 Å². The molecule has 2 aromatic rings. The standard InChI is InChI=1S/C13H11BN2O4/c14-12(18)16-6-5-15(13(16)19)9-3-1-8-2-4-11(17)20-10(8)7-9/h1-4,7H,5-6,14H2. The normalized spacial score (nSPS) is 15.1. The first-order chi connectivity index (χ1) is 9.56. The monoisotopic (exact) mass is 270 g/mol. The average Bonchev–Trinajstić information content (AvgIpc) is 2.80. The molecule has 1 aromatic carbocycles. The van der Waals surface area contributed by atoms with Gasteiger partial charge in [-0.3, -0.25) is 14.6 Å². The number of urea groups is 1. The van der Waals surface area contributed by atoms with Gasteiger partial charge in [0.2, 0.25) is 7.85 Å². The fourth-order valence-corrected chi connectivity index (χ4v) is 2.29. The van der Waals surface area contributed by atoms with Gasteiger partial charge < -0.3 is 4.42 Å². The van der Waals surface area contributed by atoms with Crippen LogP contribution in [0.5, 0.6) is 0 Å². The first kappa shape index (κ1) is 12.5. The molecule has 0 N–H and O–H groups in total. The van der Waals surface area contributed by atoms with Crippen LogP contribution in [0.4, 0.5) is 15.3 Å². The SMILES string of the molecule is BC(=O)N1CCN(c2ccc3ccc(=O)oc3c2)C1=O. The van der Waals surface area contributed by atoms with Crippen molar-refractivity contribution in [3.05, 3.63) is 40.8 Å². The topological polar surface area (TPSA) is 70.8 Å². The third-order valence-electron chi connectivity index (χ3n) is 3.31. The molecule has 3 amide bonds. The highest BCUT2D eigenvalue weighted by Gasteiger charge is 2.31. The predicted octanol–water partition coefficient (Wildman–Crippen LogP) is 0.788. The maximum Gasteiger partial charge on any atom is 0.336 e. The van der Waals surface area contributed by atoms with Gasteiger partial charge in [-0.05, 0) is 18.2 Å². The lowest BCUT2D eigenvalue weighted by Gasteiger charge is -2.16. The molecule has 0 radical (unpaired) electrons. The fourth-order valence-electron chi connectivity index (χ4n) is 2.29. The van der Waals surface area contributed by atoms with Crippen LogP contribution in [0, 0.1) is 0 Å². The molecule has 1 aliphatic rings. The van der Waals surface area contributed by atoms with E-state index in [1.165, 1.54) is 23.7 Å². The van der Waals surface area contributed by atoms with Crippen LogP contribution in [0.2, 0.25) is 0 Å². The Hall–Kier alpha value is -2.57. The van der Waals surface area contributed by atoms with Crippen molar-refractivity contribution in [3.63, 3.8) is 0 Å². The largest absolute Gasteiger partial charge is 0.423 e. The van der Waals surface area contributed by atoms with Crippen molar-refractivity contribution in [2.75, 3.05) is 18.0 Å². The van der Waals surface area contributed by atoms with E-state index in [0.717, 1.165) is 5.39 Å². The number of hydrogen-bond acceptors (Lipinski definition) is 4. The molecule has 7 heteroatoms. The van der Waals surface area contributed by atoms with Gasteiger partial charge in [-0.1, -0.05) is 0 Å². The second-order valence-electron chi connectivity index (χ2n) is 4.58. The molecule has 0 spiro atoms. The highest BCUT2D eigenvalue weighted by atomic mass is 16.4. The van der Waals surface area contributed by atoms with Gasteiger partial charge in [-0.2, -0.15) is 0 Å². The summed E-state index contributed by atoms with van der Waals surface area (Å²) in [6, 6.07) is 7.84. The van der Waals surface area contributed by atoms with Crippen molar-refractivity contribution in [1.29, 1.82) is 0 Å². The minimum absolute atomic E-state index is 0.273. The van der Waals surface area contributed by atoms with Gasteiger partial charge in [-0.25, -0.2) is 9.59 Å². The van der Waals surface area contributed by atoms with Crippen molar-refractivity contribution in [2.45, 2.75) is 0 Å². The van der Waals surface area contributed by atoms with Crippen molar-refractivity contribution in [3.8, 4) is 0 Å². The Balaban J connectivity index is 2.01. The maximum absolute atomic E-state index is 12.1. The van der Waals surface area contributed by atoms with E-state index < -0.39 is 5.63 Å². The van der Waals surface area contributed by atoms with Crippen molar-refractivity contribution < 1.29 is 14.0 Å². The van der Waals surface area contributed by atoms with Gasteiger partial charge in [0.1, 0.15) is 5.58 Å². The van der Waals surface area contributed by atoms with Crippen molar-refractivity contribution in [1.82, 2.24) is 4.90 Å². The van der Waals surface area contributed by atoms with Crippen molar-refractivity contribution >= 4 is 36.3 Å². The summed E-state index contributed by atoms with van der Waals surface area (Å²) in [5.74, 6) is -0.273. The molecular formula is C13H11BN2O4. The summed E-state index contributed by atoms with van der Waals surface area (Å²) in [5, 5.41) is 0.781. The van der Waals surface area contributed by atoms with Gasteiger partial charge in [0.25, 0.3) is 0 Å². The van der Waals surface area contributed by atoms with Gasteiger partial charge in [0.05, 0.1) is 0 Å². The zero-order valence-corrected chi connectivity index (χ0v) is 10.8. The molecule has 0 bridgehead atoms. The maximum atomic E-state index is 12.1. The highest BCUT2D eigenvalue weighted by molar-refractivity contribution is 6.58. The number of rotatable bonds is 1. The summed E-state index contributed by atoms with van der Waals surface area (Å²) in [6.07, 6.45) is 0. The number of carbonyl (C=O) groups excluding carboxylic acids is 2. The number of hydrogen-bond donors (Lipinski definition) is 0. The summed E-state index contributed by atoms with van der Waals surface area (Å²) in [6.45, 7) is 0.798. The number of imide groups is 1. The molecule has 2 heterocycles. The van der Waals surface area contributed by atoms with Crippen LogP contribution in [-0.2, 0) is 0 Å². The minimum Gasteiger partial charge on any atom is -0.423 e. The second kappa shape index (κ2) is 4.52. The van der Waals surface area contributed by atoms with Crippen LogP contribution in [0.1, 0.15) is 0 Å². The Kier molecular flexibility index (Phi) is 2.82. The molecule has 0 saturated carbocycles. The van der Waals surface area contributed by atoms with Crippen molar-refractivity contribution in [2.24, 2.45) is 0 Å². The average molecular weight is 270 g/mol. The fraction of sp³-hybridized carbons (Fsp3) is 0.154. The summed E-state index contributed by atoms with van der Waals surface area (Å²) in [7, 11) is 1.36. The zero-order valence-electron chi connectivity index (χ0n) is 10.8. The molecule has 0 aliphatic carbocycles. The Labute approximate surface area is 115 Å². The van der Waals surface area contributed by atoms with Crippen LogP contribution >= 0.6 is 0 Å². The Morgan fingerprint density at radius 2 is 1.90 bits per heavy atom. The molecule has 1 aromatic heterocycles. The molecule has 1 fully saturated rings. The number of nitrogens with zero attached hydrogens (tertiary/aromatic N) is 2. The second-order valence-corrected chi connectivity index (χ2v) is 4.58. The van der Waals surface area contributed by atoms with Gasteiger partial charge in [0, 0.05) is 36.3 Å². The first-order valence-corrected chi connectivity index (χ1v) is 6.20. The molecular weight excluding hydrogens is 259 g/mol. The number of anilines is 1. The number of amides is 3. The summed E-state index contributed by atoms with van der Waals surface area (Å²) in [4.78, 5) is 37.3. The summed E-state index contributed by atoms with van der Waals surface area (Å²) in [5.41, 5.74) is 0.595. The number of carbonyl (C=O) groups is 2. The molecule has 1 aliphatic heterocycles. The summed E-state index contributed by atoms with van der Waals surface area (Å²) < 4.78 is 5.10. The molecule has 100 valence electrons. The summed E-state index contributed by atoms with van der Waals surface area (Å²) >= 11 is 0. The van der Waals surface area contributed by atoms with Crippen LogP contribution in [0.3, 0.4) is 0 Å². The van der Waals surface area contributed by atoms with E-state index in [4.69, 9.17) is 4.42 Å². The number of benzene rings is 1. The third kappa shape index (κ3) is 1.97. The van der Waals surface area contributed by atoms with E-state index in [-0.39, 0.29) is 11.8 Å². The molecule has 0 unspecified atom stereocenters. The highest BCUT2D eigenvalue weighted by Crippen LogP contribution is 2.24. The third-order valence-corrected chi connectivity index (χ3v) is 3.31. The lowest BCUT2D eigenvalue weighted by molar-refractivity contribution is 0.214. The van der Waals surface area contributed by atoms with E-state index >= 15 is 0 Å². The number of fused-ring (bicyclic) bond motifs is 1. The van der Waals surface area contributed by atoms with Crippen LogP contribution in [0.25, 0.3) is 11.0 Å². The smallest absolute Gasteiger partial charge is 0.336 e. The molecule has 0 atom stereocenters. The Morgan fingerprint density at radius 3 is 2.60 bits per heavy atom. The van der Waals surface area contributed by atoms with E-state index in [2.05, 4.69) is 0 Å². The van der Waals surface area contributed by atoms with E-state index in [1.54, 1.807) is 24.3 Å². The van der Waals surface area contributed by atoms with Crippen LogP contribution in [-0.4, -0.2) is 37.7 Å². The zero-order chi connectivity index (χ0) is 14.3. The lowest BCUT2D eigenvalue weighted by atomic mass is 10.1. The quantitative estimate of drug-likeness (QED) is 0.567. The van der Waals surface area contributed by atoms with E-state index in [1.807, 2.05) is 0 Å². The van der Waals surface area contributed by atoms with Crippen LogP contribution in [0.15, 0.2) is 39.5 Å². The molecule has 3 rings (SSSR count). The minimum atomic E-state index is -0.437. The van der Waals surface area contributed by atoms with Crippen LogP contribution < -0.4 is 10.5 Å². The lowest BCUT2D eigenvalue weighted by Crippen LogP contribution is -2.35. The van der Waals surface area contributed by atoms with Gasteiger partial charge >= 0.3 is 11.7 Å². The molecule has 20 heavy (non-hydrogen) atoms. The first-order valence-electron chi connectivity index (χ1n) is 6.20. The van der Waals surface area contributed by atoms with E-state index in [9.17, 15) is 14.4 Å². The van der Waals surface area contributed by atoms with E-state index in [0.29, 0.717) is 24.4 Å². The predicted molar refractivity (Wildman–Crippen MR) is 75.9 cm³/mol. The molecule has 6 nitrogen and oxygen atoms in total.